The summed E-state index contributed by atoms with van der Waals surface area (Å²) < 4.78 is 31.0. The minimum Gasteiger partial charge on any atom is -0.409 e. The van der Waals surface area contributed by atoms with Crippen LogP contribution in [-0.4, -0.2) is 71.1 Å². The molecule has 0 radical (unpaired) electrons. The zero-order chi connectivity index (χ0) is 21.4. The van der Waals surface area contributed by atoms with Crippen molar-refractivity contribution in [3.05, 3.63) is 45.6 Å². The molecule has 4 N–H and O–H groups in total. The van der Waals surface area contributed by atoms with Crippen LogP contribution >= 0.6 is 0 Å². The topological polar surface area (TPSA) is 154 Å². The Balaban J connectivity index is 1.96. The molecule has 0 fully saturated rings. The first kappa shape index (κ1) is 21.9. The van der Waals surface area contributed by atoms with Gasteiger partial charge in [0.1, 0.15) is 6.17 Å². The molecule has 1 heterocycles. The van der Waals surface area contributed by atoms with Gasteiger partial charge in [0, 0.05) is 29.8 Å². The minimum atomic E-state index is -1.08. The third-order valence-electron chi connectivity index (χ3n) is 3.74. The van der Waals surface area contributed by atoms with E-state index in [9.17, 15) is 24.1 Å². The summed E-state index contributed by atoms with van der Waals surface area (Å²) in [6.45, 7) is 0.349. The number of nitro groups is 1. The van der Waals surface area contributed by atoms with Gasteiger partial charge in [-0.15, -0.1) is 0 Å². The van der Waals surface area contributed by atoms with Crippen LogP contribution < -0.4 is 16.0 Å². The molecule has 29 heavy (non-hydrogen) atoms. The first-order chi connectivity index (χ1) is 13.8. The van der Waals surface area contributed by atoms with Gasteiger partial charge in [-0.2, -0.15) is 0 Å². The maximum absolute atomic E-state index is 13.3. The Morgan fingerprint density at radius 3 is 2.72 bits per heavy atom. The smallest absolute Gasteiger partial charge is 0.232 e. The van der Waals surface area contributed by atoms with Gasteiger partial charge in [0.15, 0.2) is 17.3 Å². The highest BCUT2D eigenvalue weighted by Crippen LogP contribution is 2.16. The molecule has 0 aliphatic carbocycles. The van der Waals surface area contributed by atoms with Crippen molar-refractivity contribution < 1.29 is 23.5 Å². The number of halogens is 2. The third kappa shape index (κ3) is 6.32. The quantitative estimate of drug-likeness (QED) is 0.0833. The number of hydrogen-bond acceptors (Lipinski definition) is 10. The van der Waals surface area contributed by atoms with Crippen LogP contribution in [0.15, 0.2) is 28.0 Å². The molecular weight excluding hydrogens is 394 g/mol. The summed E-state index contributed by atoms with van der Waals surface area (Å²) in [7, 11) is 3.42. The highest BCUT2D eigenvalue weighted by atomic mass is 19.2. The summed E-state index contributed by atoms with van der Waals surface area (Å²) in [5.41, 5.74) is 0.104. The second-order valence-corrected chi connectivity index (χ2v) is 6.04. The fourth-order valence-corrected chi connectivity index (χ4v) is 2.27. The summed E-state index contributed by atoms with van der Waals surface area (Å²) in [4.78, 5) is 11.9. The van der Waals surface area contributed by atoms with Gasteiger partial charge in [0.2, 0.25) is 18.2 Å². The monoisotopic (exact) mass is 414 g/mol. The standard InChI is InChI=1S/C15H20F2N8O4/c1-24(2)12(8-25(27)28)18-5-6-19-14-13(22-29-23-14)15(21-26)20-9-3-4-10(16)11(17)7-9/h3-4,7,12,18,26H,5-6,8H2,1-2H3,(H,19,23)(H,20,21). The SMILES string of the molecule is CN(C)C(C[N+](=O)[O-])NCCNc1nonc1C(=NO)Nc1ccc(F)c(F)c1. The Bertz CT molecular complexity index is 861. The van der Waals surface area contributed by atoms with E-state index in [-0.39, 0.29) is 36.1 Å². The van der Waals surface area contributed by atoms with E-state index in [4.69, 9.17) is 0 Å². The number of likely N-dealkylation sites (N-methyl/N-ethyl adjacent to an activating group) is 1. The molecule has 2 aromatic rings. The van der Waals surface area contributed by atoms with Crippen LogP contribution in [0.5, 0.6) is 0 Å². The summed E-state index contributed by atoms with van der Waals surface area (Å²) >= 11 is 0. The Hall–Kier alpha value is -3.39. The van der Waals surface area contributed by atoms with Crippen LogP contribution in [0.25, 0.3) is 0 Å². The number of aromatic nitrogens is 2. The van der Waals surface area contributed by atoms with E-state index in [1.54, 1.807) is 19.0 Å². The molecule has 0 spiro atoms. The normalized spacial score (nSPS) is 12.8. The number of rotatable bonds is 10. The molecule has 2 rings (SSSR count). The van der Waals surface area contributed by atoms with E-state index in [1.165, 1.54) is 6.07 Å². The number of hydrogen-bond donors (Lipinski definition) is 4. The molecule has 1 aromatic carbocycles. The lowest BCUT2D eigenvalue weighted by Crippen LogP contribution is -2.47. The summed E-state index contributed by atoms with van der Waals surface area (Å²) in [5.74, 6) is -2.21. The minimum absolute atomic E-state index is 0.00770. The van der Waals surface area contributed by atoms with E-state index in [0.717, 1.165) is 12.1 Å². The van der Waals surface area contributed by atoms with Gasteiger partial charge in [0.25, 0.3) is 0 Å². The predicted molar refractivity (Wildman–Crippen MR) is 98.4 cm³/mol. The van der Waals surface area contributed by atoms with E-state index in [0.29, 0.717) is 6.54 Å². The fraction of sp³-hybridized carbons (Fsp3) is 0.400. The molecule has 0 aliphatic rings. The molecule has 0 bridgehead atoms. The van der Waals surface area contributed by atoms with Gasteiger partial charge in [0.05, 0.1) is 0 Å². The van der Waals surface area contributed by atoms with Crippen molar-refractivity contribution in [2.75, 3.05) is 44.4 Å². The van der Waals surface area contributed by atoms with E-state index < -0.39 is 22.7 Å². The lowest BCUT2D eigenvalue weighted by atomic mass is 10.3. The zero-order valence-corrected chi connectivity index (χ0v) is 15.6. The first-order valence-electron chi connectivity index (χ1n) is 8.34. The molecule has 1 aromatic heterocycles. The maximum atomic E-state index is 13.3. The lowest BCUT2D eigenvalue weighted by Gasteiger charge is -2.21. The molecule has 0 saturated heterocycles. The number of anilines is 2. The summed E-state index contributed by atoms with van der Waals surface area (Å²) in [6, 6.07) is 3.03. The predicted octanol–water partition coefficient (Wildman–Crippen LogP) is 0.762. The van der Waals surface area contributed by atoms with E-state index in [2.05, 4.69) is 36.0 Å². The van der Waals surface area contributed by atoms with Crippen LogP contribution in [0, 0.1) is 21.7 Å². The van der Waals surface area contributed by atoms with Crippen LogP contribution in [0.4, 0.5) is 20.3 Å². The van der Waals surface area contributed by atoms with Gasteiger partial charge in [-0.3, -0.25) is 20.3 Å². The van der Waals surface area contributed by atoms with Crippen molar-refractivity contribution in [3.63, 3.8) is 0 Å². The van der Waals surface area contributed by atoms with E-state index in [1.807, 2.05) is 0 Å². The Kier molecular flexibility index (Phi) is 7.73. The van der Waals surface area contributed by atoms with Crippen molar-refractivity contribution in [2.45, 2.75) is 6.17 Å². The van der Waals surface area contributed by atoms with Gasteiger partial charge in [-0.25, -0.2) is 13.4 Å². The lowest BCUT2D eigenvalue weighted by molar-refractivity contribution is -0.487. The molecule has 0 aliphatic heterocycles. The number of amidine groups is 1. The second-order valence-electron chi connectivity index (χ2n) is 6.04. The summed E-state index contributed by atoms with van der Waals surface area (Å²) in [6.07, 6.45) is -0.466. The zero-order valence-electron chi connectivity index (χ0n) is 15.6. The van der Waals surface area contributed by atoms with Crippen molar-refractivity contribution in [3.8, 4) is 0 Å². The van der Waals surface area contributed by atoms with Crippen molar-refractivity contribution >= 4 is 17.3 Å². The molecule has 158 valence electrons. The molecule has 14 heteroatoms. The number of oxime groups is 1. The molecular formula is C15H20F2N8O4. The molecule has 0 saturated carbocycles. The van der Waals surface area contributed by atoms with Crippen molar-refractivity contribution in [1.29, 1.82) is 0 Å². The average Bonchev–Trinajstić information content (AvgIpc) is 3.13. The van der Waals surface area contributed by atoms with Gasteiger partial charge in [-0.1, -0.05) is 5.16 Å². The highest BCUT2D eigenvalue weighted by molar-refractivity contribution is 6.09. The van der Waals surface area contributed by atoms with Crippen molar-refractivity contribution in [2.24, 2.45) is 5.16 Å². The van der Waals surface area contributed by atoms with Crippen LogP contribution in [0.1, 0.15) is 5.69 Å². The molecule has 12 nitrogen and oxygen atoms in total. The molecule has 1 unspecified atom stereocenters. The van der Waals surface area contributed by atoms with Gasteiger partial charge in [-0.05, 0) is 36.5 Å². The molecule has 1 atom stereocenters. The highest BCUT2D eigenvalue weighted by Gasteiger charge is 2.19. The van der Waals surface area contributed by atoms with E-state index >= 15 is 0 Å². The third-order valence-corrected chi connectivity index (χ3v) is 3.74. The van der Waals surface area contributed by atoms with Gasteiger partial charge >= 0.3 is 0 Å². The Morgan fingerprint density at radius 2 is 2.10 bits per heavy atom. The van der Waals surface area contributed by atoms with Crippen molar-refractivity contribution in [1.82, 2.24) is 20.5 Å². The first-order valence-corrected chi connectivity index (χ1v) is 8.34. The Morgan fingerprint density at radius 1 is 1.34 bits per heavy atom. The number of benzene rings is 1. The van der Waals surface area contributed by atoms with Crippen LogP contribution in [-0.2, 0) is 0 Å². The Labute approximate surface area is 163 Å². The van der Waals surface area contributed by atoms with Crippen LogP contribution in [0.2, 0.25) is 0 Å². The molecule has 0 amide bonds. The van der Waals surface area contributed by atoms with Gasteiger partial charge < -0.3 is 15.8 Å². The maximum Gasteiger partial charge on any atom is 0.232 e. The average molecular weight is 414 g/mol. The second kappa shape index (κ2) is 10.2. The fourth-order valence-electron chi connectivity index (χ4n) is 2.27. The van der Waals surface area contributed by atoms with Crippen LogP contribution in [0.3, 0.4) is 0 Å². The number of nitrogens with zero attached hydrogens (tertiary/aromatic N) is 5. The number of nitrogens with one attached hydrogen (secondary N) is 3. The summed E-state index contributed by atoms with van der Waals surface area (Å²) in [5, 5.41) is 38.7. The largest absolute Gasteiger partial charge is 0.409 e.